The maximum Gasteiger partial charge on any atom is 0.406 e. The summed E-state index contributed by atoms with van der Waals surface area (Å²) in [6.45, 7) is 2.05. The summed E-state index contributed by atoms with van der Waals surface area (Å²) in [4.78, 5) is 0. The number of benzene rings is 1. The average Bonchev–Trinajstić information content (AvgIpc) is 3.16. The van der Waals surface area contributed by atoms with E-state index >= 15 is 0 Å². The van der Waals surface area contributed by atoms with Crippen molar-refractivity contribution in [1.29, 1.82) is 0 Å². The normalized spacial score (nSPS) is 19.2. The molecule has 106 valence electrons. The van der Waals surface area contributed by atoms with Crippen molar-refractivity contribution in [3.05, 3.63) is 35.9 Å². The topological polar surface area (TPSA) is 12.0 Å². The molecule has 0 radical (unpaired) electrons. The molecule has 1 atom stereocenters. The Morgan fingerprint density at radius 1 is 1.21 bits per heavy atom. The summed E-state index contributed by atoms with van der Waals surface area (Å²) in [6, 6.07) is 9.24. The quantitative estimate of drug-likeness (QED) is 0.797. The van der Waals surface area contributed by atoms with Crippen LogP contribution in [-0.2, 0) is 0 Å². The lowest BCUT2D eigenvalue weighted by Gasteiger charge is -2.28. The van der Waals surface area contributed by atoms with Crippen LogP contribution in [0.25, 0.3) is 0 Å². The zero-order valence-electron chi connectivity index (χ0n) is 11.1. The molecule has 1 N–H and O–H groups in total. The van der Waals surface area contributed by atoms with Crippen molar-refractivity contribution in [3.63, 3.8) is 0 Å². The van der Waals surface area contributed by atoms with Gasteiger partial charge in [-0.05, 0) is 24.8 Å². The van der Waals surface area contributed by atoms with Crippen LogP contribution in [0.15, 0.2) is 30.3 Å². The van der Waals surface area contributed by atoms with E-state index in [1.807, 2.05) is 30.3 Å². The van der Waals surface area contributed by atoms with Crippen LogP contribution in [0.2, 0.25) is 0 Å². The van der Waals surface area contributed by atoms with Gasteiger partial charge in [-0.15, -0.1) is 0 Å². The molecule has 0 aliphatic heterocycles. The molecule has 1 fully saturated rings. The van der Waals surface area contributed by atoms with Crippen LogP contribution in [0, 0.1) is 0 Å². The molecular formula is C15H20F3N. The molecule has 0 amide bonds. The van der Waals surface area contributed by atoms with Crippen LogP contribution in [-0.4, -0.2) is 11.7 Å². The predicted octanol–water partition coefficient (Wildman–Crippen LogP) is 4.60. The van der Waals surface area contributed by atoms with Gasteiger partial charge < -0.3 is 0 Å². The second kappa shape index (κ2) is 5.53. The molecule has 0 spiro atoms. The molecule has 0 bridgehead atoms. The zero-order chi connectivity index (χ0) is 13.9. The molecule has 2 rings (SSSR count). The summed E-state index contributed by atoms with van der Waals surface area (Å²) in [5.74, 6) is 0. The van der Waals surface area contributed by atoms with Gasteiger partial charge in [0, 0.05) is 6.04 Å². The van der Waals surface area contributed by atoms with Crippen LogP contribution in [0.4, 0.5) is 13.2 Å². The van der Waals surface area contributed by atoms with E-state index in [-0.39, 0.29) is 18.9 Å². The Labute approximate surface area is 112 Å². The summed E-state index contributed by atoms with van der Waals surface area (Å²) in [5, 5.41) is 2.87. The molecule has 1 aliphatic rings. The third-order valence-electron chi connectivity index (χ3n) is 3.79. The molecule has 1 aromatic rings. The minimum Gasteiger partial charge on any atom is -0.297 e. The number of rotatable bonds is 6. The first-order chi connectivity index (χ1) is 8.98. The first kappa shape index (κ1) is 14.4. The Morgan fingerprint density at radius 3 is 2.32 bits per heavy atom. The Kier molecular flexibility index (Phi) is 4.19. The van der Waals surface area contributed by atoms with Crippen molar-refractivity contribution >= 4 is 0 Å². The molecule has 19 heavy (non-hydrogen) atoms. The lowest BCUT2D eigenvalue weighted by Crippen LogP contribution is -2.46. The van der Waals surface area contributed by atoms with Crippen molar-refractivity contribution in [2.75, 3.05) is 0 Å². The van der Waals surface area contributed by atoms with Crippen LogP contribution in [0.5, 0.6) is 0 Å². The van der Waals surface area contributed by atoms with E-state index in [2.05, 4.69) is 12.2 Å². The zero-order valence-corrected chi connectivity index (χ0v) is 11.1. The van der Waals surface area contributed by atoms with Gasteiger partial charge in [0.25, 0.3) is 0 Å². The minimum absolute atomic E-state index is 0.200. The summed E-state index contributed by atoms with van der Waals surface area (Å²) >= 11 is 0. The van der Waals surface area contributed by atoms with E-state index in [1.54, 1.807) is 0 Å². The maximum atomic E-state index is 13.0. The van der Waals surface area contributed by atoms with Gasteiger partial charge in [-0.1, -0.05) is 50.1 Å². The molecule has 0 saturated heterocycles. The number of hydrogen-bond donors (Lipinski definition) is 1. The van der Waals surface area contributed by atoms with Crippen molar-refractivity contribution in [3.8, 4) is 0 Å². The van der Waals surface area contributed by atoms with E-state index in [0.717, 1.165) is 24.8 Å². The summed E-state index contributed by atoms with van der Waals surface area (Å²) in [6.07, 6.45) is -1.08. The van der Waals surface area contributed by atoms with E-state index < -0.39 is 11.7 Å². The van der Waals surface area contributed by atoms with Crippen LogP contribution >= 0.6 is 0 Å². The Balaban J connectivity index is 2.11. The molecule has 1 nitrogen and oxygen atoms in total. The van der Waals surface area contributed by atoms with Gasteiger partial charge in [-0.25, -0.2) is 0 Å². The molecule has 1 aromatic carbocycles. The van der Waals surface area contributed by atoms with Crippen molar-refractivity contribution in [2.24, 2.45) is 0 Å². The summed E-state index contributed by atoms with van der Waals surface area (Å²) in [5.41, 5.74) is -0.687. The Morgan fingerprint density at radius 2 is 1.84 bits per heavy atom. The highest BCUT2D eigenvalue weighted by Crippen LogP contribution is 2.50. The molecule has 1 saturated carbocycles. The number of halogens is 3. The first-order valence-corrected chi connectivity index (χ1v) is 6.88. The molecule has 1 unspecified atom stereocenters. The fraction of sp³-hybridized carbons (Fsp3) is 0.600. The van der Waals surface area contributed by atoms with Gasteiger partial charge in [-0.2, -0.15) is 13.2 Å². The van der Waals surface area contributed by atoms with Gasteiger partial charge in [0.15, 0.2) is 0 Å². The summed E-state index contributed by atoms with van der Waals surface area (Å²) < 4.78 is 39.1. The van der Waals surface area contributed by atoms with E-state index in [0.29, 0.717) is 0 Å². The molecule has 0 aromatic heterocycles. The largest absolute Gasteiger partial charge is 0.406 e. The van der Waals surface area contributed by atoms with Gasteiger partial charge in [0.2, 0.25) is 0 Å². The summed E-state index contributed by atoms with van der Waals surface area (Å²) in [7, 11) is 0. The smallest absolute Gasteiger partial charge is 0.297 e. The lowest BCUT2D eigenvalue weighted by molar-refractivity contribution is -0.168. The van der Waals surface area contributed by atoms with Crippen LogP contribution < -0.4 is 5.32 Å². The molecule has 0 heterocycles. The standard InChI is InChI=1S/C15H20F3N/c1-2-3-9-13(12-7-5-4-6-8-12)19-14(10-11-14)15(16,17)18/h4-8,13,19H,2-3,9-11H2,1H3. The number of hydrogen-bond acceptors (Lipinski definition) is 1. The van der Waals surface area contributed by atoms with Crippen molar-refractivity contribution in [1.82, 2.24) is 5.32 Å². The highest BCUT2D eigenvalue weighted by atomic mass is 19.4. The average molecular weight is 271 g/mol. The van der Waals surface area contributed by atoms with Crippen molar-refractivity contribution in [2.45, 2.75) is 56.8 Å². The monoisotopic (exact) mass is 271 g/mol. The van der Waals surface area contributed by atoms with Gasteiger partial charge in [0.1, 0.15) is 5.54 Å². The predicted molar refractivity (Wildman–Crippen MR) is 69.9 cm³/mol. The van der Waals surface area contributed by atoms with Gasteiger partial charge >= 0.3 is 6.18 Å². The second-order valence-electron chi connectivity index (χ2n) is 5.33. The van der Waals surface area contributed by atoms with Gasteiger partial charge in [0.05, 0.1) is 0 Å². The minimum atomic E-state index is -4.15. The van der Waals surface area contributed by atoms with Crippen LogP contribution in [0.3, 0.4) is 0 Å². The number of nitrogens with one attached hydrogen (secondary N) is 1. The third kappa shape index (κ3) is 3.30. The Bertz CT molecular complexity index is 396. The van der Waals surface area contributed by atoms with Gasteiger partial charge in [-0.3, -0.25) is 5.32 Å². The highest BCUT2D eigenvalue weighted by molar-refractivity contribution is 5.21. The SMILES string of the molecule is CCCCC(NC1(C(F)(F)F)CC1)c1ccccc1. The van der Waals surface area contributed by atoms with E-state index in [9.17, 15) is 13.2 Å². The number of alkyl halides is 3. The maximum absolute atomic E-state index is 13.0. The fourth-order valence-electron chi connectivity index (χ4n) is 2.38. The molecule has 4 heteroatoms. The lowest BCUT2D eigenvalue weighted by atomic mass is 9.99. The van der Waals surface area contributed by atoms with E-state index in [4.69, 9.17) is 0 Å². The number of unbranched alkanes of at least 4 members (excludes halogenated alkanes) is 1. The molecular weight excluding hydrogens is 251 g/mol. The Hall–Kier alpha value is -1.03. The van der Waals surface area contributed by atoms with E-state index in [1.165, 1.54) is 0 Å². The fourth-order valence-corrected chi connectivity index (χ4v) is 2.38. The van der Waals surface area contributed by atoms with Crippen molar-refractivity contribution < 1.29 is 13.2 Å². The highest BCUT2D eigenvalue weighted by Gasteiger charge is 2.63. The third-order valence-corrected chi connectivity index (χ3v) is 3.79. The first-order valence-electron chi connectivity index (χ1n) is 6.88. The second-order valence-corrected chi connectivity index (χ2v) is 5.33. The molecule has 1 aliphatic carbocycles. The van der Waals surface area contributed by atoms with Crippen LogP contribution in [0.1, 0.15) is 50.6 Å².